The van der Waals surface area contributed by atoms with Gasteiger partial charge in [-0.2, -0.15) is 8.42 Å². The quantitative estimate of drug-likeness (QED) is 0.0208. The van der Waals surface area contributed by atoms with Crippen molar-refractivity contribution in [3.8, 4) is 0 Å². The minimum absolute atomic E-state index is 0.0436. The second kappa shape index (κ2) is 29.0. The van der Waals surface area contributed by atoms with Crippen LogP contribution in [-0.2, 0) is 68.8 Å². The van der Waals surface area contributed by atoms with Crippen LogP contribution in [0.4, 0.5) is 11.4 Å². The number of aliphatic hydroxyl groups is 2. The molecule has 0 atom stereocenters. The molecule has 0 radical (unpaired) electrons. The van der Waals surface area contributed by atoms with Crippen LogP contribution in [0.25, 0.3) is 0 Å². The summed E-state index contributed by atoms with van der Waals surface area (Å²) in [5, 5.41) is 21.4. The number of hydrogen-bond acceptors (Lipinski definition) is 13. The summed E-state index contributed by atoms with van der Waals surface area (Å²) in [4.78, 5) is 4.69. The van der Waals surface area contributed by atoms with Crippen molar-refractivity contribution in [1.82, 2.24) is 0 Å². The van der Waals surface area contributed by atoms with E-state index in [1.165, 1.54) is 23.3 Å². The molecule has 5 N–H and O–H groups in total. The second-order valence-electron chi connectivity index (χ2n) is 18.5. The lowest BCUT2D eigenvalue weighted by Crippen LogP contribution is -2.40. The van der Waals surface area contributed by atoms with E-state index in [1.54, 1.807) is 30.3 Å². The van der Waals surface area contributed by atoms with Gasteiger partial charge in [0.1, 0.15) is 6.61 Å². The molecule has 0 saturated carbocycles. The molecule has 0 unspecified atom stereocenters. The van der Waals surface area contributed by atoms with E-state index in [0.29, 0.717) is 51.9 Å². The summed E-state index contributed by atoms with van der Waals surface area (Å²) < 4.78 is 57.0. The molecular weight excluding hydrogens is 857 g/mol. The number of hydrogen-bond donors (Lipinski definition) is 4. The first-order valence-corrected chi connectivity index (χ1v) is 29.2. The fraction of sp³-hybridized carbons (Fsp3) is 0.617. The normalized spacial score (nSPS) is 12.3. The number of nitrogens with two attached hydrogens (primary N) is 1. The number of nitrogens with one attached hydrogen (secondary N) is 1. The molecule has 16 heteroatoms. The highest BCUT2D eigenvalue weighted by Gasteiger charge is 2.38. The SMILES string of the molecule is CCCOCCOCCNc1cc(CO[Si](C)(C)C(C)(C)C)cc(CO[Si](C)(C)C(C)(C)C)c1.CCCOCCOOS(=O)(=O)c1ccc(C)cc1.Nc1cc(CO)cc(CO)c1. The summed E-state index contributed by atoms with van der Waals surface area (Å²) >= 11 is 0. The minimum Gasteiger partial charge on any atom is -0.413 e. The van der Waals surface area contributed by atoms with E-state index in [9.17, 15) is 8.42 Å². The Labute approximate surface area is 382 Å². The van der Waals surface area contributed by atoms with E-state index in [-0.39, 0.29) is 34.8 Å². The summed E-state index contributed by atoms with van der Waals surface area (Å²) in [6.07, 6.45) is 1.95. The van der Waals surface area contributed by atoms with Crippen molar-refractivity contribution in [3.05, 3.63) is 88.5 Å². The lowest BCUT2D eigenvalue weighted by molar-refractivity contribution is -0.210. The zero-order valence-corrected chi connectivity index (χ0v) is 43.5. The highest BCUT2D eigenvalue weighted by Crippen LogP contribution is 2.38. The molecule has 0 aliphatic carbocycles. The maximum Gasteiger partial charge on any atom is 0.323 e. The van der Waals surface area contributed by atoms with E-state index >= 15 is 0 Å². The summed E-state index contributed by atoms with van der Waals surface area (Å²) in [6, 6.07) is 18.1. The summed E-state index contributed by atoms with van der Waals surface area (Å²) in [7, 11) is -7.49. The van der Waals surface area contributed by atoms with E-state index in [2.05, 4.69) is 107 Å². The standard InChI is InChI=1S/C27H53NO4Si2.C12H18O5S.C8H11NO2/c1-12-14-29-16-17-30-15-13-28-25-19-23(21-31-33(8,9)26(2,3)4)18-24(20-25)22-32-34(10,11)27(5,6)7;1-3-8-15-9-10-16-17-18(13,14)12-6-4-11(2)5-7-12;9-8-2-6(4-10)1-7(3-8)5-11/h18-20,28H,12-17,21-22H2,1-11H3;4-7H,3,8-10H2,1-2H3;1-3,10-11H,4-5,9H2. The third kappa shape index (κ3) is 23.9. The van der Waals surface area contributed by atoms with Crippen molar-refractivity contribution >= 4 is 38.1 Å². The molecule has 0 amide bonds. The van der Waals surface area contributed by atoms with Gasteiger partial charge in [-0.1, -0.05) is 85.2 Å². The molecular formula is C47H82N2O11SSi2. The Morgan fingerprint density at radius 1 is 0.619 bits per heavy atom. The molecule has 0 aliphatic rings. The Balaban J connectivity index is 0.000000562. The van der Waals surface area contributed by atoms with Crippen LogP contribution >= 0.6 is 0 Å². The zero-order chi connectivity index (χ0) is 47.7. The van der Waals surface area contributed by atoms with E-state index in [0.717, 1.165) is 48.4 Å². The van der Waals surface area contributed by atoms with Crippen LogP contribution in [0, 0.1) is 6.92 Å². The maximum atomic E-state index is 11.6. The van der Waals surface area contributed by atoms with Crippen LogP contribution in [0.15, 0.2) is 65.6 Å². The number of aliphatic hydroxyl groups excluding tert-OH is 2. The number of anilines is 2. The molecule has 63 heavy (non-hydrogen) atoms. The number of ether oxygens (including phenoxy) is 3. The van der Waals surface area contributed by atoms with Crippen molar-refractivity contribution in [1.29, 1.82) is 0 Å². The molecule has 0 aliphatic heterocycles. The largest absolute Gasteiger partial charge is 0.413 e. The number of benzene rings is 3. The topological polar surface area (TPSA) is 177 Å². The van der Waals surface area contributed by atoms with Crippen LogP contribution in [0.2, 0.25) is 36.3 Å². The number of rotatable bonds is 25. The zero-order valence-electron chi connectivity index (χ0n) is 40.7. The van der Waals surface area contributed by atoms with Gasteiger partial charge in [-0.15, -0.1) is 4.33 Å². The molecule has 0 bridgehead atoms. The van der Waals surface area contributed by atoms with Gasteiger partial charge < -0.3 is 44.3 Å². The van der Waals surface area contributed by atoms with E-state index in [4.69, 9.17) is 39.0 Å². The van der Waals surface area contributed by atoms with Gasteiger partial charge in [-0.25, -0.2) is 4.89 Å². The molecule has 0 fully saturated rings. The van der Waals surface area contributed by atoms with Gasteiger partial charge in [0.2, 0.25) is 0 Å². The monoisotopic (exact) mass is 939 g/mol. The lowest BCUT2D eigenvalue weighted by atomic mass is 10.1. The molecule has 13 nitrogen and oxygen atoms in total. The van der Waals surface area contributed by atoms with Crippen molar-refractivity contribution in [3.63, 3.8) is 0 Å². The average molecular weight is 939 g/mol. The molecule has 0 aromatic heterocycles. The molecule has 0 saturated heterocycles. The highest BCUT2D eigenvalue weighted by atomic mass is 32.2. The van der Waals surface area contributed by atoms with Crippen molar-refractivity contribution in [2.75, 3.05) is 63.8 Å². The smallest absolute Gasteiger partial charge is 0.323 e. The number of nitrogen functional groups attached to an aromatic ring is 1. The summed E-state index contributed by atoms with van der Waals surface area (Å²) in [5.41, 5.74) is 12.0. The summed E-state index contributed by atoms with van der Waals surface area (Å²) in [6.45, 7) is 34.5. The van der Waals surface area contributed by atoms with Gasteiger partial charge in [-0.05, 0) is 115 Å². The third-order valence-electron chi connectivity index (χ3n) is 10.7. The van der Waals surface area contributed by atoms with Crippen molar-refractivity contribution < 1.29 is 50.9 Å². The minimum atomic E-state index is -3.85. The van der Waals surface area contributed by atoms with Gasteiger partial charge in [0.05, 0.1) is 57.8 Å². The Hall–Kier alpha value is -2.72. The van der Waals surface area contributed by atoms with Crippen LogP contribution in [-0.4, -0.2) is 88.1 Å². The highest BCUT2D eigenvalue weighted by molar-refractivity contribution is 7.86. The van der Waals surface area contributed by atoms with Gasteiger partial charge in [0, 0.05) is 31.1 Å². The molecule has 0 spiro atoms. The van der Waals surface area contributed by atoms with Crippen LogP contribution in [0.3, 0.4) is 0 Å². The Morgan fingerprint density at radius 2 is 1.05 bits per heavy atom. The summed E-state index contributed by atoms with van der Waals surface area (Å²) in [5.74, 6) is 0. The maximum absolute atomic E-state index is 11.6. The average Bonchev–Trinajstić information content (AvgIpc) is 3.21. The van der Waals surface area contributed by atoms with Crippen LogP contribution in [0.1, 0.15) is 96.0 Å². The Kier molecular flexibility index (Phi) is 26.9. The molecule has 360 valence electrons. The molecule has 3 aromatic rings. The predicted octanol–water partition coefficient (Wildman–Crippen LogP) is 9.90. The predicted molar refractivity (Wildman–Crippen MR) is 260 cm³/mol. The Morgan fingerprint density at radius 3 is 1.48 bits per heavy atom. The fourth-order valence-corrected chi connectivity index (χ4v) is 7.54. The first-order chi connectivity index (χ1) is 29.4. The van der Waals surface area contributed by atoms with Gasteiger partial charge >= 0.3 is 10.1 Å². The van der Waals surface area contributed by atoms with Gasteiger partial charge in [0.15, 0.2) is 16.6 Å². The van der Waals surface area contributed by atoms with E-state index in [1.807, 2.05) is 13.8 Å². The molecule has 3 aromatic carbocycles. The first kappa shape index (κ1) is 58.3. The first-order valence-electron chi connectivity index (χ1n) is 22.0. The van der Waals surface area contributed by atoms with Gasteiger partial charge in [0.25, 0.3) is 0 Å². The molecule has 0 heterocycles. The lowest BCUT2D eigenvalue weighted by Gasteiger charge is -2.36. The number of aryl methyl sites for hydroxylation is 1. The Bertz CT molecular complexity index is 1740. The third-order valence-corrected chi connectivity index (χ3v) is 20.8. The van der Waals surface area contributed by atoms with Crippen LogP contribution < -0.4 is 11.1 Å². The fourth-order valence-electron chi connectivity index (χ4n) is 4.88. The van der Waals surface area contributed by atoms with Crippen LogP contribution in [0.5, 0.6) is 0 Å². The second-order valence-corrected chi connectivity index (χ2v) is 29.6. The van der Waals surface area contributed by atoms with Crippen molar-refractivity contribution in [2.24, 2.45) is 0 Å². The van der Waals surface area contributed by atoms with E-state index < -0.39 is 26.8 Å². The van der Waals surface area contributed by atoms with Crippen molar-refractivity contribution in [2.45, 2.75) is 143 Å². The molecule has 3 rings (SSSR count). The van der Waals surface area contributed by atoms with Gasteiger partial charge in [-0.3, -0.25) is 0 Å².